The second kappa shape index (κ2) is 4.55. The molecule has 0 heterocycles. The van der Waals surface area contributed by atoms with Crippen LogP contribution in [0.4, 0.5) is 0 Å². The molecule has 5 nitrogen and oxygen atoms in total. The van der Waals surface area contributed by atoms with Crippen molar-refractivity contribution in [3.05, 3.63) is 0 Å². The normalized spacial score (nSPS) is 25.2. The van der Waals surface area contributed by atoms with Crippen molar-refractivity contribution in [2.75, 3.05) is 0 Å². The van der Waals surface area contributed by atoms with Gasteiger partial charge >= 0.3 is 0 Å². The molecule has 0 radical (unpaired) electrons. The molecule has 0 aromatic rings. The lowest BCUT2D eigenvalue weighted by molar-refractivity contribution is -0.162. The minimum atomic E-state index is -1.53. The van der Waals surface area contributed by atoms with E-state index in [1.807, 2.05) is 0 Å². The van der Waals surface area contributed by atoms with E-state index < -0.39 is 34.3 Å². The van der Waals surface area contributed by atoms with Gasteiger partial charge in [0.05, 0.1) is 0 Å². The first-order valence-electron chi connectivity index (χ1n) is 6.23. The smallest absolute Gasteiger partial charge is 0.280 e. The van der Waals surface area contributed by atoms with Gasteiger partial charge in [-0.1, -0.05) is 32.1 Å². The van der Waals surface area contributed by atoms with Crippen LogP contribution in [-0.2, 0) is 24.0 Å². The molecule has 0 unspecified atom stereocenters. The van der Waals surface area contributed by atoms with Gasteiger partial charge in [-0.05, 0) is 12.8 Å². The molecule has 2 rings (SSSR count). The number of Topliss-reactive ketones (excluding diaryl/α,β-unsaturated/α-hetero) is 5. The maximum Gasteiger partial charge on any atom is 0.280 e. The molecule has 2 fully saturated rings. The molecule has 0 atom stereocenters. The van der Waals surface area contributed by atoms with Gasteiger partial charge in [0.2, 0.25) is 11.6 Å². The Labute approximate surface area is 104 Å². The predicted molar refractivity (Wildman–Crippen MR) is 59.8 cm³/mol. The number of carbonyl (C=O) groups is 5. The fourth-order valence-corrected chi connectivity index (χ4v) is 2.81. The quantitative estimate of drug-likeness (QED) is 0.463. The van der Waals surface area contributed by atoms with Crippen molar-refractivity contribution in [3.8, 4) is 0 Å². The Morgan fingerprint density at radius 2 is 0.944 bits per heavy atom. The van der Waals surface area contributed by atoms with Crippen LogP contribution < -0.4 is 0 Å². The third-order valence-electron chi connectivity index (χ3n) is 3.90. The number of hydrogen-bond donors (Lipinski definition) is 0. The van der Waals surface area contributed by atoms with Crippen LogP contribution in [0.1, 0.15) is 44.9 Å². The molecule has 0 aromatic heterocycles. The van der Waals surface area contributed by atoms with Crippen LogP contribution in [0.15, 0.2) is 0 Å². The molecule has 0 bridgehead atoms. The summed E-state index contributed by atoms with van der Waals surface area (Å²) in [4.78, 5) is 58.1. The van der Waals surface area contributed by atoms with Gasteiger partial charge in [0, 0.05) is 0 Å². The summed E-state index contributed by atoms with van der Waals surface area (Å²) >= 11 is 0. The van der Waals surface area contributed by atoms with E-state index in [2.05, 4.69) is 0 Å². The van der Waals surface area contributed by atoms with Crippen LogP contribution in [-0.4, -0.2) is 28.9 Å². The van der Waals surface area contributed by atoms with Crippen LogP contribution in [0, 0.1) is 5.41 Å². The number of carbonyl (C=O) groups excluding carboxylic acids is 5. The maximum absolute atomic E-state index is 12.0. The first kappa shape index (κ1) is 12.8. The first-order valence-corrected chi connectivity index (χ1v) is 6.23. The van der Waals surface area contributed by atoms with Crippen molar-refractivity contribution in [3.63, 3.8) is 0 Å². The minimum Gasteiger partial charge on any atom is -0.289 e. The third kappa shape index (κ3) is 1.74. The highest BCUT2D eigenvalue weighted by atomic mass is 16.2. The molecule has 96 valence electrons. The SMILES string of the molecule is O=C1C(=O)C(=O)C2(CCCCCCC2)C(=O)C1=O. The monoisotopic (exact) mass is 250 g/mol. The van der Waals surface area contributed by atoms with Crippen LogP contribution in [0.3, 0.4) is 0 Å². The van der Waals surface area contributed by atoms with Crippen molar-refractivity contribution in [1.82, 2.24) is 0 Å². The first-order chi connectivity index (χ1) is 8.50. The van der Waals surface area contributed by atoms with Gasteiger partial charge in [-0.15, -0.1) is 0 Å². The van der Waals surface area contributed by atoms with E-state index in [-0.39, 0.29) is 12.8 Å². The number of rotatable bonds is 0. The van der Waals surface area contributed by atoms with Gasteiger partial charge in [0.1, 0.15) is 5.41 Å². The molecule has 0 amide bonds. The van der Waals surface area contributed by atoms with Gasteiger partial charge < -0.3 is 0 Å². The summed E-state index contributed by atoms with van der Waals surface area (Å²) in [7, 11) is 0. The Kier molecular flexibility index (Phi) is 3.24. The zero-order chi connectivity index (χ0) is 13.3. The Hall–Kier alpha value is -1.65. The van der Waals surface area contributed by atoms with E-state index in [4.69, 9.17) is 0 Å². The summed E-state index contributed by atoms with van der Waals surface area (Å²) < 4.78 is 0. The van der Waals surface area contributed by atoms with E-state index in [0.29, 0.717) is 12.8 Å². The van der Waals surface area contributed by atoms with Gasteiger partial charge in [0.15, 0.2) is 0 Å². The third-order valence-corrected chi connectivity index (χ3v) is 3.90. The highest BCUT2D eigenvalue weighted by Crippen LogP contribution is 2.38. The lowest BCUT2D eigenvalue weighted by Crippen LogP contribution is -2.57. The van der Waals surface area contributed by atoms with E-state index in [1.165, 1.54) is 0 Å². The molecule has 2 saturated carbocycles. The molecule has 0 aromatic carbocycles. The average molecular weight is 250 g/mol. The lowest BCUT2D eigenvalue weighted by Gasteiger charge is -2.33. The maximum atomic E-state index is 12.0. The number of ketones is 5. The molecule has 1 spiro atoms. The van der Waals surface area contributed by atoms with E-state index in [9.17, 15) is 24.0 Å². The largest absolute Gasteiger partial charge is 0.289 e. The molecule has 0 saturated heterocycles. The molecule has 0 N–H and O–H groups in total. The second-order valence-corrected chi connectivity index (χ2v) is 5.00. The van der Waals surface area contributed by atoms with Crippen LogP contribution in [0.5, 0.6) is 0 Å². The number of hydrogen-bond acceptors (Lipinski definition) is 5. The van der Waals surface area contributed by atoms with Crippen molar-refractivity contribution < 1.29 is 24.0 Å². The molecule has 5 heteroatoms. The molecule has 2 aliphatic rings. The van der Waals surface area contributed by atoms with Crippen molar-refractivity contribution in [2.45, 2.75) is 44.9 Å². The Morgan fingerprint density at radius 3 is 1.39 bits per heavy atom. The summed E-state index contributed by atoms with van der Waals surface area (Å²) in [5.41, 5.74) is -1.53. The highest BCUT2D eigenvalue weighted by molar-refractivity contribution is 6.92. The zero-order valence-corrected chi connectivity index (χ0v) is 9.99. The van der Waals surface area contributed by atoms with Crippen molar-refractivity contribution >= 4 is 28.9 Å². The van der Waals surface area contributed by atoms with E-state index in [0.717, 1.165) is 19.3 Å². The highest BCUT2D eigenvalue weighted by Gasteiger charge is 2.58. The van der Waals surface area contributed by atoms with E-state index in [1.54, 1.807) is 0 Å². The van der Waals surface area contributed by atoms with Crippen LogP contribution in [0.25, 0.3) is 0 Å². The molecular weight excluding hydrogens is 236 g/mol. The summed E-state index contributed by atoms with van der Waals surface area (Å²) in [6.07, 6.45) is 4.47. The fourth-order valence-electron chi connectivity index (χ4n) is 2.81. The van der Waals surface area contributed by atoms with Gasteiger partial charge in [-0.25, -0.2) is 0 Å². The topological polar surface area (TPSA) is 85.3 Å². The minimum absolute atomic E-state index is 0.218. The van der Waals surface area contributed by atoms with Gasteiger partial charge in [-0.3, -0.25) is 24.0 Å². The Balaban J connectivity index is 2.41. The summed E-state index contributed by atoms with van der Waals surface area (Å²) in [6.45, 7) is 0. The second-order valence-electron chi connectivity index (χ2n) is 5.00. The van der Waals surface area contributed by atoms with Crippen molar-refractivity contribution in [2.24, 2.45) is 5.41 Å². The molecule has 2 aliphatic carbocycles. The average Bonchev–Trinajstić information content (AvgIpc) is 2.33. The lowest BCUT2D eigenvalue weighted by atomic mass is 9.64. The summed E-state index contributed by atoms with van der Waals surface area (Å²) in [5.74, 6) is -5.99. The standard InChI is InChI=1S/C13H14O5/c14-8-9(15)11(17)13(12(18)10(8)16)6-4-2-1-3-5-7-13/h1-7H2. The summed E-state index contributed by atoms with van der Waals surface area (Å²) in [5, 5.41) is 0. The molecule has 18 heavy (non-hydrogen) atoms. The van der Waals surface area contributed by atoms with Crippen LogP contribution in [0.2, 0.25) is 0 Å². The zero-order valence-electron chi connectivity index (χ0n) is 9.99. The van der Waals surface area contributed by atoms with Crippen LogP contribution >= 0.6 is 0 Å². The summed E-state index contributed by atoms with van der Waals surface area (Å²) in [6, 6.07) is 0. The van der Waals surface area contributed by atoms with Gasteiger partial charge in [-0.2, -0.15) is 0 Å². The molecule has 0 aliphatic heterocycles. The fraction of sp³-hybridized carbons (Fsp3) is 0.615. The Bertz CT molecular complexity index is 420. The predicted octanol–water partition coefficient (Wildman–Crippen LogP) is 0.576. The molecular formula is C13H14O5. The van der Waals surface area contributed by atoms with Crippen molar-refractivity contribution in [1.29, 1.82) is 0 Å². The Morgan fingerprint density at radius 1 is 0.556 bits per heavy atom. The van der Waals surface area contributed by atoms with E-state index >= 15 is 0 Å². The van der Waals surface area contributed by atoms with Gasteiger partial charge in [0.25, 0.3) is 17.3 Å².